The van der Waals surface area contributed by atoms with Gasteiger partial charge in [0.25, 0.3) is 10.1 Å². The van der Waals surface area contributed by atoms with Crippen molar-refractivity contribution >= 4 is 27.4 Å². The fraction of sp³-hybridized carbons (Fsp3) is 0.143. The fourth-order valence-electron chi connectivity index (χ4n) is 1.03. The van der Waals surface area contributed by atoms with Gasteiger partial charge in [-0.2, -0.15) is 8.42 Å². The lowest BCUT2D eigenvalue weighted by atomic mass is 10.2. The van der Waals surface area contributed by atoms with E-state index in [1.807, 2.05) is 0 Å². The molecular weight excluding hydrogens is 214 g/mol. The number of hydrogen-bond acceptors (Lipinski definition) is 3. The van der Waals surface area contributed by atoms with E-state index in [4.69, 9.17) is 21.9 Å². The van der Waals surface area contributed by atoms with Crippen LogP contribution in [0.2, 0.25) is 5.02 Å². The maximum Gasteiger partial charge on any atom is 0.298 e. The van der Waals surface area contributed by atoms with E-state index in [0.29, 0.717) is 0 Å². The smallest absolute Gasteiger partial charge is 0.298 e. The second kappa shape index (κ2) is 3.17. The second-order valence-corrected chi connectivity index (χ2v) is 4.41. The van der Waals surface area contributed by atoms with Crippen molar-refractivity contribution in [3.8, 4) is 0 Å². The minimum atomic E-state index is -4.34. The molecule has 1 rings (SSSR count). The van der Waals surface area contributed by atoms with Crippen LogP contribution in [0.5, 0.6) is 0 Å². The summed E-state index contributed by atoms with van der Waals surface area (Å²) in [6.45, 7) is 1.72. The van der Waals surface area contributed by atoms with Crippen LogP contribution in [0.4, 0.5) is 5.69 Å². The van der Waals surface area contributed by atoms with Crippen LogP contribution < -0.4 is 5.73 Å². The van der Waals surface area contributed by atoms with Crippen LogP contribution in [0.3, 0.4) is 0 Å². The zero-order valence-corrected chi connectivity index (χ0v) is 8.35. The molecule has 0 aliphatic rings. The molecule has 72 valence electrons. The molecule has 0 spiro atoms. The van der Waals surface area contributed by atoms with Crippen molar-refractivity contribution in [2.45, 2.75) is 11.8 Å². The van der Waals surface area contributed by atoms with E-state index in [1.165, 1.54) is 12.1 Å². The largest absolute Gasteiger partial charge is 0.398 e. The van der Waals surface area contributed by atoms with Gasteiger partial charge in [-0.1, -0.05) is 11.6 Å². The monoisotopic (exact) mass is 221 g/mol. The SMILES string of the molecule is Cc1cc(N)c(S(=O)(=O)O)c(Cl)c1. The average molecular weight is 222 g/mol. The zero-order chi connectivity index (χ0) is 10.2. The highest BCUT2D eigenvalue weighted by Gasteiger charge is 2.18. The van der Waals surface area contributed by atoms with Gasteiger partial charge in [-0.15, -0.1) is 0 Å². The summed E-state index contributed by atoms with van der Waals surface area (Å²) < 4.78 is 30.3. The molecule has 0 radical (unpaired) electrons. The highest BCUT2D eigenvalue weighted by atomic mass is 35.5. The summed E-state index contributed by atoms with van der Waals surface area (Å²) in [7, 11) is -4.34. The molecule has 1 aromatic carbocycles. The van der Waals surface area contributed by atoms with E-state index in [9.17, 15) is 8.42 Å². The Bertz CT molecular complexity index is 418. The highest BCUT2D eigenvalue weighted by molar-refractivity contribution is 7.86. The van der Waals surface area contributed by atoms with Gasteiger partial charge in [0.1, 0.15) is 4.90 Å². The van der Waals surface area contributed by atoms with E-state index in [-0.39, 0.29) is 10.7 Å². The van der Waals surface area contributed by atoms with Crippen LogP contribution in [-0.4, -0.2) is 13.0 Å². The first-order chi connectivity index (χ1) is 5.82. The van der Waals surface area contributed by atoms with Crippen LogP contribution in [0, 0.1) is 6.92 Å². The van der Waals surface area contributed by atoms with Gasteiger partial charge < -0.3 is 5.73 Å². The Balaban J connectivity index is 3.57. The fourth-order valence-corrected chi connectivity index (χ4v) is 2.26. The lowest BCUT2D eigenvalue weighted by Crippen LogP contribution is -2.04. The van der Waals surface area contributed by atoms with Gasteiger partial charge in [-0.3, -0.25) is 4.55 Å². The van der Waals surface area contributed by atoms with E-state index >= 15 is 0 Å². The number of benzene rings is 1. The van der Waals surface area contributed by atoms with Crippen molar-refractivity contribution in [2.24, 2.45) is 0 Å². The Kier molecular flexibility index (Phi) is 2.51. The lowest BCUT2D eigenvalue weighted by molar-refractivity contribution is 0.483. The normalized spacial score (nSPS) is 11.6. The maximum absolute atomic E-state index is 10.8. The molecule has 0 amide bonds. The summed E-state index contributed by atoms with van der Waals surface area (Å²) >= 11 is 5.60. The quantitative estimate of drug-likeness (QED) is 0.556. The maximum atomic E-state index is 10.8. The van der Waals surface area contributed by atoms with Gasteiger partial charge in [-0.05, 0) is 24.6 Å². The summed E-state index contributed by atoms with van der Waals surface area (Å²) in [5.74, 6) is 0. The molecule has 1 aromatic rings. The van der Waals surface area contributed by atoms with Gasteiger partial charge in [0.2, 0.25) is 0 Å². The summed E-state index contributed by atoms with van der Waals surface area (Å²) in [5.41, 5.74) is 6.07. The number of anilines is 1. The molecule has 4 nitrogen and oxygen atoms in total. The predicted molar refractivity (Wildman–Crippen MR) is 50.4 cm³/mol. The molecule has 3 N–H and O–H groups in total. The Hall–Kier alpha value is -0.780. The number of nitrogen functional groups attached to an aromatic ring is 1. The zero-order valence-electron chi connectivity index (χ0n) is 6.78. The summed E-state index contributed by atoms with van der Waals surface area (Å²) in [5, 5.41) is -0.0694. The molecule has 0 aromatic heterocycles. The third kappa shape index (κ3) is 2.12. The standard InChI is InChI=1S/C7H8ClNO3S/c1-4-2-5(8)7(6(9)3-4)13(10,11)12/h2-3H,9H2,1H3,(H,10,11,12). The molecule has 0 saturated heterocycles. The average Bonchev–Trinajstić information content (AvgIpc) is 1.78. The van der Waals surface area contributed by atoms with Gasteiger partial charge in [0.15, 0.2) is 0 Å². The molecule has 0 unspecified atom stereocenters. The van der Waals surface area contributed by atoms with Crippen LogP contribution >= 0.6 is 11.6 Å². The molecule has 0 aliphatic heterocycles. The van der Waals surface area contributed by atoms with Gasteiger partial charge in [0, 0.05) is 0 Å². The second-order valence-electron chi connectivity index (χ2n) is 2.64. The third-order valence-electron chi connectivity index (χ3n) is 1.47. The number of nitrogens with two attached hydrogens (primary N) is 1. The first kappa shape index (κ1) is 10.3. The Labute approximate surface area is 81.1 Å². The lowest BCUT2D eigenvalue weighted by Gasteiger charge is -2.05. The molecule has 6 heteroatoms. The van der Waals surface area contributed by atoms with Crippen molar-refractivity contribution < 1.29 is 13.0 Å². The van der Waals surface area contributed by atoms with E-state index < -0.39 is 15.0 Å². The van der Waals surface area contributed by atoms with Crippen molar-refractivity contribution in [3.63, 3.8) is 0 Å². The van der Waals surface area contributed by atoms with Gasteiger partial charge in [0.05, 0.1) is 10.7 Å². The molecule has 0 bridgehead atoms. The Morgan fingerprint density at radius 3 is 2.38 bits per heavy atom. The molecular formula is C7H8ClNO3S. The summed E-state index contributed by atoms with van der Waals surface area (Å²) in [6, 6.07) is 2.84. The Morgan fingerprint density at radius 2 is 2.00 bits per heavy atom. The van der Waals surface area contributed by atoms with E-state index in [2.05, 4.69) is 0 Å². The number of hydrogen-bond donors (Lipinski definition) is 2. The molecule has 13 heavy (non-hydrogen) atoms. The minimum Gasteiger partial charge on any atom is -0.398 e. The van der Waals surface area contributed by atoms with Crippen LogP contribution in [0.15, 0.2) is 17.0 Å². The van der Waals surface area contributed by atoms with E-state index in [0.717, 1.165) is 5.56 Å². The van der Waals surface area contributed by atoms with Crippen LogP contribution in [-0.2, 0) is 10.1 Å². The van der Waals surface area contributed by atoms with Gasteiger partial charge in [-0.25, -0.2) is 0 Å². The first-order valence-electron chi connectivity index (χ1n) is 3.35. The van der Waals surface area contributed by atoms with E-state index in [1.54, 1.807) is 6.92 Å². The molecule has 0 saturated carbocycles. The minimum absolute atomic E-state index is 0.0486. The molecule has 0 fully saturated rings. The topological polar surface area (TPSA) is 80.4 Å². The van der Waals surface area contributed by atoms with Crippen LogP contribution in [0.1, 0.15) is 5.56 Å². The Morgan fingerprint density at radius 1 is 1.46 bits per heavy atom. The van der Waals surface area contributed by atoms with Crippen molar-refractivity contribution in [3.05, 3.63) is 22.7 Å². The summed E-state index contributed by atoms with van der Waals surface area (Å²) in [4.78, 5) is -0.431. The third-order valence-corrected chi connectivity index (χ3v) is 2.86. The van der Waals surface area contributed by atoms with Crippen molar-refractivity contribution in [2.75, 3.05) is 5.73 Å². The van der Waals surface area contributed by atoms with Crippen LogP contribution in [0.25, 0.3) is 0 Å². The molecule has 0 heterocycles. The number of aryl methyl sites for hydroxylation is 1. The van der Waals surface area contributed by atoms with Crippen molar-refractivity contribution in [1.29, 1.82) is 0 Å². The molecule has 0 aliphatic carbocycles. The first-order valence-corrected chi connectivity index (χ1v) is 5.17. The van der Waals surface area contributed by atoms with Gasteiger partial charge >= 0.3 is 0 Å². The number of rotatable bonds is 1. The van der Waals surface area contributed by atoms with Crippen molar-refractivity contribution in [1.82, 2.24) is 0 Å². The summed E-state index contributed by atoms with van der Waals surface area (Å²) in [6.07, 6.45) is 0. The predicted octanol–water partition coefficient (Wildman–Crippen LogP) is 1.48. The highest BCUT2D eigenvalue weighted by Crippen LogP contribution is 2.28. The molecule has 0 atom stereocenters. The number of halogens is 1.